The Bertz CT molecular complexity index is 1070. The third-order valence-electron chi connectivity index (χ3n) is 4.30. The van der Waals surface area contributed by atoms with Gasteiger partial charge in [0.25, 0.3) is 0 Å². The van der Waals surface area contributed by atoms with Crippen molar-refractivity contribution in [3.63, 3.8) is 0 Å². The zero-order valence-corrected chi connectivity index (χ0v) is 12.5. The molecule has 4 rings (SSSR count). The molecule has 0 aliphatic rings. The van der Waals surface area contributed by atoms with Crippen LogP contribution in [0.3, 0.4) is 0 Å². The lowest BCUT2D eigenvalue weighted by atomic mass is 9.95. The molecule has 0 amide bonds. The summed E-state index contributed by atoms with van der Waals surface area (Å²) in [5, 5.41) is 23.5. The monoisotopic (exact) mass is 316 g/mol. The number of carboxylic acids is 2. The van der Waals surface area contributed by atoms with E-state index < -0.39 is 11.9 Å². The average molecular weight is 316 g/mol. The summed E-state index contributed by atoms with van der Waals surface area (Å²) < 4.78 is 0. The molecule has 0 heterocycles. The highest BCUT2D eigenvalue weighted by Crippen LogP contribution is 2.30. The first-order valence-electron chi connectivity index (χ1n) is 7.40. The van der Waals surface area contributed by atoms with E-state index >= 15 is 0 Å². The number of hydrogen-bond donors (Lipinski definition) is 2. The Morgan fingerprint density at radius 2 is 1.00 bits per heavy atom. The fourth-order valence-corrected chi connectivity index (χ4v) is 3.18. The fraction of sp³-hybridized carbons (Fsp3) is 0. The molecule has 0 bridgehead atoms. The second-order valence-corrected chi connectivity index (χ2v) is 5.72. The molecule has 0 radical (unpaired) electrons. The number of rotatable bonds is 2. The molecular weight excluding hydrogens is 304 g/mol. The van der Waals surface area contributed by atoms with E-state index in [0.29, 0.717) is 10.8 Å². The van der Waals surface area contributed by atoms with Gasteiger partial charge in [-0.15, -0.1) is 0 Å². The first kappa shape index (κ1) is 14.2. The van der Waals surface area contributed by atoms with E-state index in [2.05, 4.69) is 0 Å². The first-order chi connectivity index (χ1) is 11.5. The van der Waals surface area contributed by atoms with Crippen LogP contribution in [0.4, 0.5) is 0 Å². The quantitative estimate of drug-likeness (QED) is 0.532. The van der Waals surface area contributed by atoms with Crippen LogP contribution in [0.25, 0.3) is 32.3 Å². The molecular formula is C20H12O4. The molecule has 0 aliphatic heterocycles. The molecule has 0 fully saturated rings. The van der Waals surface area contributed by atoms with Crippen LogP contribution >= 0.6 is 0 Å². The van der Waals surface area contributed by atoms with Gasteiger partial charge in [-0.3, -0.25) is 0 Å². The van der Waals surface area contributed by atoms with Gasteiger partial charge in [-0.2, -0.15) is 0 Å². The highest BCUT2D eigenvalue weighted by atomic mass is 16.4. The van der Waals surface area contributed by atoms with E-state index in [-0.39, 0.29) is 11.1 Å². The summed E-state index contributed by atoms with van der Waals surface area (Å²) >= 11 is 0. The highest BCUT2D eigenvalue weighted by Gasteiger charge is 2.12. The molecule has 0 aromatic heterocycles. The van der Waals surface area contributed by atoms with Crippen LogP contribution in [0.15, 0.2) is 60.7 Å². The topological polar surface area (TPSA) is 74.6 Å². The Labute approximate surface area is 136 Å². The third kappa shape index (κ3) is 2.08. The van der Waals surface area contributed by atoms with Gasteiger partial charge in [0.1, 0.15) is 0 Å². The van der Waals surface area contributed by atoms with Gasteiger partial charge < -0.3 is 10.2 Å². The van der Waals surface area contributed by atoms with Crippen molar-refractivity contribution in [2.24, 2.45) is 0 Å². The normalized spacial score (nSPS) is 11.2. The lowest BCUT2D eigenvalue weighted by molar-refractivity contribution is 0.0688. The standard InChI is InChI=1S/C20H12O4/c21-19(22)15-5-1-3-11-7-13-8-12-4-2-6-16(20(23)24)18(12)10-14(13)9-17(11)15/h1-10H,(H,21,22)(H,23,24). The van der Waals surface area contributed by atoms with Crippen molar-refractivity contribution in [3.05, 3.63) is 71.8 Å². The minimum atomic E-state index is -0.980. The minimum absolute atomic E-state index is 0.237. The van der Waals surface area contributed by atoms with Gasteiger partial charge >= 0.3 is 11.9 Å². The molecule has 0 atom stereocenters. The number of carboxylic acid groups (broad SMARTS) is 2. The predicted octanol–water partition coefficient (Wildman–Crippen LogP) is 4.54. The number of benzene rings is 4. The molecule has 4 aromatic carbocycles. The van der Waals surface area contributed by atoms with Crippen molar-refractivity contribution in [1.82, 2.24) is 0 Å². The summed E-state index contributed by atoms with van der Waals surface area (Å²) in [6.07, 6.45) is 0. The molecule has 0 spiro atoms. The van der Waals surface area contributed by atoms with Crippen LogP contribution in [0.2, 0.25) is 0 Å². The smallest absolute Gasteiger partial charge is 0.336 e. The fourth-order valence-electron chi connectivity index (χ4n) is 3.18. The van der Waals surface area contributed by atoms with E-state index in [1.165, 1.54) is 0 Å². The molecule has 0 unspecified atom stereocenters. The van der Waals surface area contributed by atoms with Crippen LogP contribution in [-0.4, -0.2) is 22.2 Å². The zero-order valence-electron chi connectivity index (χ0n) is 12.5. The van der Waals surface area contributed by atoms with E-state index in [4.69, 9.17) is 0 Å². The Balaban J connectivity index is 2.14. The highest BCUT2D eigenvalue weighted by molar-refractivity contribution is 6.13. The van der Waals surface area contributed by atoms with E-state index in [0.717, 1.165) is 21.5 Å². The molecule has 116 valence electrons. The largest absolute Gasteiger partial charge is 0.478 e. The second kappa shape index (κ2) is 5.06. The van der Waals surface area contributed by atoms with E-state index in [1.807, 2.05) is 36.4 Å². The summed E-state index contributed by atoms with van der Waals surface area (Å²) in [5.41, 5.74) is 0.474. The SMILES string of the molecule is O=C(O)c1cccc2cc3cc4cccc(C(=O)O)c4cc3cc12. The Morgan fingerprint density at radius 3 is 1.42 bits per heavy atom. The molecule has 2 N–H and O–H groups in total. The predicted molar refractivity (Wildman–Crippen MR) is 92.9 cm³/mol. The van der Waals surface area contributed by atoms with Gasteiger partial charge in [-0.1, -0.05) is 24.3 Å². The molecule has 24 heavy (non-hydrogen) atoms. The Kier molecular flexibility index (Phi) is 3.00. The summed E-state index contributed by atoms with van der Waals surface area (Å²) in [5.74, 6) is -1.96. The van der Waals surface area contributed by atoms with Gasteiger partial charge in [-0.05, 0) is 68.7 Å². The average Bonchev–Trinajstić information content (AvgIpc) is 2.56. The zero-order chi connectivity index (χ0) is 16.8. The number of hydrogen-bond acceptors (Lipinski definition) is 2. The molecule has 4 heteroatoms. The van der Waals surface area contributed by atoms with Crippen molar-refractivity contribution in [1.29, 1.82) is 0 Å². The molecule has 0 saturated carbocycles. The lowest BCUT2D eigenvalue weighted by Crippen LogP contribution is -1.98. The molecule has 0 saturated heterocycles. The maximum absolute atomic E-state index is 11.4. The summed E-state index contributed by atoms with van der Waals surface area (Å²) in [6.45, 7) is 0. The van der Waals surface area contributed by atoms with Crippen molar-refractivity contribution >= 4 is 44.3 Å². The van der Waals surface area contributed by atoms with Gasteiger partial charge in [0.2, 0.25) is 0 Å². The maximum atomic E-state index is 11.4. The van der Waals surface area contributed by atoms with Crippen molar-refractivity contribution in [2.75, 3.05) is 0 Å². The van der Waals surface area contributed by atoms with Gasteiger partial charge in [0.05, 0.1) is 11.1 Å². The van der Waals surface area contributed by atoms with Gasteiger partial charge in [-0.25, -0.2) is 9.59 Å². The van der Waals surface area contributed by atoms with Crippen LogP contribution in [0.5, 0.6) is 0 Å². The van der Waals surface area contributed by atoms with Crippen molar-refractivity contribution in [3.8, 4) is 0 Å². The first-order valence-corrected chi connectivity index (χ1v) is 7.40. The maximum Gasteiger partial charge on any atom is 0.336 e. The number of aromatic carboxylic acids is 2. The van der Waals surface area contributed by atoms with Gasteiger partial charge in [0.15, 0.2) is 0 Å². The van der Waals surface area contributed by atoms with Crippen molar-refractivity contribution in [2.45, 2.75) is 0 Å². The number of fused-ring (bicyclic) bond motifs is 3. The van der Waals surface area contributed by atoms with E-state index in [9.17, 15) is 19.8 Å². The van der Waals surface area contributed by atoms with E-state index in [1.54, 1.807) is 24.3 Å². The van der Waals surface area contributed by atoms with Gasteiger partial charge in [0, 0.05) is 0 Å². The molecule has 0 aliphatic carbocycles. The Hall–Kier alpha value is -3.40. The van der Waals surface area contributed by atoms with Crippen molar-refractivity contribution < 1.29 is 19.8 Å². The second-order valence-electron chi connectivity index (χ2n) is 5.72. The third-order valence-corrected chi connectivity index (χ3v) is 4.30. The lowest BCUT2D eigenvalue weighted by Gasteiger charge is -2.08. The minimum Gasteiger partial charge on any atom is -0.478 e. The van der Waals surface area contributed by atoms with Crippen LogP contribution < -0.4 is 0 Å². The van der Waals surface area contributed by atoms with Crippen LogP contribution in [0.1, 0.15) is 20.7 Å². The molecule has 4 aromatic rings. The summed E-state index contributed by atoms with van der Waals surface area (Å²) in [7, 11) is 0. The molecule has 4 nitrogen and oxygen atoms in total. The number of carbonyl (C=O) groups is 2. The Morgan fingerprint density at radius 1 is 0.583 bits per heavy atom. The van der Waals surface area contributed by atoms with Crippen LogP contribution in [-0.2, 0) is 0 Å². The summed E-state index contributed by atoms with van der Waals surface area (Å²) in [4.78, 5) is 22.9. The van der Waals surface area contributed by atoms with Crippen LogP contribution in [0, 0.1) is 0 Å². The summed E-state index contributed by atoms with van der Waals surface area (Å²) in [6, 6.07) is 17.8.